The quantitative estimate of drug-likeness (QED) is 0.704. The van der Waals surface area contributed by atoms with E-state index in [1.165, 1.54) is 12.8 Å². The second-order valence-corrected chi connectivity index (χ2v) is 5.00. The zero-order valence-electron chi connectivity index (χ0n) is 11.0. The Morgan fingerprint density at radius 3 is 2.88 bits per heavy atom. The van der Waals surface area contributed by atoms with Gasteiger partial charge in [-0.15, -0.1) is 0 Å². The van der Waals surface area contributed by atoms with E-state index < -0.39 is 0 Å². The third-order valence-corrected chi connectivity index (χ3v) is 3.29. The minimum absolute atomic E-state index is 0.356. The summed E-state index contributed by atoms with van der Waals surface area (Å²) in [6.45, 7) is 8.38. The number of hydrogen-bond donors (Lipinski definition) is 1. The molecule has 1 atom stereocenters. The molecule has 0 spiro atoms. The molecular formula is C13H26N2O. The summed E-state index contributed by atoms with van der Waals surface area (Å²) in [4.78, 5) is 14.1. The van der Waals surface area contributed by atoms with Crippen LogP contribution in [0.25, 0.3) is 0 Å². The maximum absolute atomic E-state index is 12.0. The molecule has 1 aliphatic heterocycles. The molecule has 1 fully saturated rings. The number of nitrogens with one attached hydrogen (secondary N) is 1. The van der Waals surface area contributed by atoms with Gasteiger partial charge in [-0.3, -0.25) is 4.79 Å². The average Bonchev–Trinajstić information content (AvgIpc) is 2.71. The SMILES string of the molecule is CCC1CCCN1C(=O)CCCNC(C)C. The fourth-order valence-electron chi connectivity index (χ4n) is 2.36. The van der Waals surface area contributed by atoms with Crippen molar-refractivity contribution >= 4 is 5.91 Å². The van der Waals surface area contributed by atoms with Crippen LogP contribution in [0.3, 0.4) is 0 Å². The van der Waals surface area contributed by atoms with Crippen LogP contribution >= 0.6 is 0 Å². The van der Waals surface area contributed by atoms with E-state index in [9.17, 15) is 4.79 Å². The molecular weight excluding hydrogens is 200 g/mol. The van der Waals surface area contributed by atoms with Gasteiger partial charge in [0.1, 0.15) is 0 Å². The van der Waals surface area contributed by atoms with Crippen LogP contribution in [0.15, 0.2) is 0 Å². The first kappa shape index (κ1) is 13.5. The van der Waals surface area contributed by atoms with Gasteiger partial charge in [-0.1, -0.05) is 20.8 Å². The molecule has 1 heterocycles. The molecule has 1 saturated heterocycles. The molecule has 3 nitrogen and oxygen atoms in total. The molecule has 1 aliphatic rings. The van der Waals surface area contributed by atoms with Crippen LogP contribution in [-0.4, -0.2) is 36.0 Å². The van der Waals surface area contributed by atoms with Gasteiger partial charge in [-0.2, -0.15) is 0 Å². The molecule has 94 valence electrons. The fourth-order valence-corrected chi connectivity index (χ4v) is 2.36. The summed E-state index contributed by atoms with van der Waals surface area (Å²) in [7, 11) is 0. The largest absolute Gasteiger partial charge is 0.340 e. The van der Waals surface area contributed by atoms with Gasteiger partial charge in [-0.05, 0) is 32.2 Å². The first-order valence-corrected chi connectivity index (χ1v) is 6.68. The highest BCUT2D eigenvalue weighted by Gasteiger charge is 2.26. The Morgan fingerprint density at radius 2 is 2.25 bits per heavy atom. The van der Waals surface area contributed by atoms with Crippen LogP contribution in [0.5, 0.6) is 0 Å². The van der Waals surface area contributed by atoms with E-state index in [1.807, 2.05) is 0 Å². The maximum Gasteiger partial charge on any atom is 0.222 e. The summed E-state index contributed by atoms with van der Waals surface area (Å²) in [5.41, 5.74) is 0. The van der Waals surface area contributed by atoms with Gasteiger partial charge in [0.25, 0.3) is 0 Å². The van der Waals surface area contributed by atoms with Gasteiger partial charge in [0.05, 0.1) is 0 Å². The van der Waals surface area contributed by atoms with Crippen molar-refractivity contribution in [1.29, 1.82) is 0 Å². The fraction of sp³-hybridized carbons (Fsp3) is 0.923. The second kappa shape index (κ2) is 6.89. The number of hydrogen-bond acceptors (Lipinski definition) is 2. The summed E-state index contributed by atoms with van der Waals surface area (Å²) < 4.78 is 0. The van der Waals surface area contributed by atoms with Crippen molar-refractivity contribution in [3.05, 3.63) is 0 Å². The number of likely N-dealkylation sites (tertiary alicyclic amines) is 1. The summed E-state index contributed by atoms with van der Waals surface area (Å²) >= 11 is 0. The lowest BCUT2D eigenvalue weighted by Crippen LogP contribution is -2.35. The third-order valence-electron chi connectivity index (χ3n) is 3.29. The Hall–Kier alpha value is -0.570. The lowest BCUT2D eigenvalue weighted by Gasteiger charge is -2.23. The monoisotopic (exact) mass is 226 g/mol. The van der Waals surface area contributed by atoms with Crippen molar-refractivity contribution in [2.45, 2.75) is 65.0 Å². The lowest BCUT2D eigenvalue weighted by molar-refractivity contribution is -0.132. The molecule has 16 heavy (non-hydrogen) atoms. The van der Waals surface area contributed by atoms with Gasteiger partial charge < -0.3 is 10.2 Å². The molecule has 1 N–H and O–H groups in total. The summed E-state index contributed by atoms with van der Waals surface area (Å²) in [5.74, 6) is 0.356. The Labute approximate surface area is 99.6 Å². The van der Waals surface area contributed by atoms with E-state index in [2.05, 4.69) is 31.0 Å². The first-order valence-electron chi connectivity index (χ1n) is 6.68. The zero-order valence-corrected chi connectivity index (χ0v) is 11.0. The molecule has 0 aromatic heterocycles. The van der Waals surface area contributed by atoms with E-state index in [-0.39, 0.29) is 0 Å². The Bertz CT molecular complexity index is 216. The lowest BCUT2D eigenvalue weighted by atomic mass is 10.1. The third kappa shape index (κ3) is 4.12. The standard InChI is InChI=1S/C13H26N2O/c1-4-12-7-6-10-15(12)13(16)8-5-9-14-11(2)3/h11-12,14H,4-10H2,1-3H3. The van der Waals surface area contributed by atoms with Gasteiger partial charge in [0.15, 0.2) is 0 Å². The van der Waals surface area contributed by atoms with E-state index >= 15 is 0 Å². The van der Waals surface area contributed by atoms with Crippen molar-refractivity contribution in [1.82, 2.24) is 10.2 Å². The highest BCUT2D eigenvalue weighted by Crippen LogP contribution is 2.20. The Balaban J connectivity index is 2.19. The van der Waals surface area contributed by atoms with E-state index in [1.54, 1.807) is 0 Å². The van der Waals surface area contributed by atoms with Crippen LogP contribution in [-0.2, 0) is 4.79 Å². The van der Waals surface area contributed by atoms with E-state index in [4.69, 9.17) is 0 Å². The second-order valence-electron chi connectivity index (χ2n) is 5.00. The predicted molar refractivity (Wildman–Crippen MR) is 67.4 cm³/mol. The van der Waals surface area contributed by atoms with Crippen molar-refractivity contribution < 1.29 is 4.79 Å². The van der Waals surface area contributed by atoms with Gasteiger partial charge in [-0.25, -0.2) is 0 Å². The van der Waals surface area contributed by atoms with Crippen molar-refractivity contribution in [2.24, 2.45) is 0 Å². The Morgan fingerprint density at radius 1 is 1.50 bits per heavy atom. The highest BCUT2D eigenvalue weighted by atomic mass is 16.2. The molecule has 3 heteroatoms. The Kier molecular flexibility index (Phi) is 5.81. The number of rotatable bonds is 6. The zero-order chi connectivity index (χ0) is 12.0. The van der Waals surface area contributed by atoms with Crippen LogP contribution in [0.4, 0.5) is 0 Å². The molecule has 1 rings (SSSR count). The molecule has 0 saturated carbocycles. The van der Waals surface area contributed by atoms with Crippen LogP contribution in [0.2, 0.25) is 0 Å². The average molecular weight is 226 g/mol. The molecule has 0 aliphatic carbocycles. The number of nitrogens with zero attached hydrogens (tertiary/aromatic N) is 1. The summed E-state index contributed by atoms with van der Waals surface area (Å²) in [6.07, 6.45) is 5.16. The van der Waals surface area contributed by atoms with Gasteiger partial charge in [0, 0.05) is 25.0 Å². The van der Waals surface area contributed by atoms with Gasteiger partial charge >= 0.3 is 0 Å². The number of amides is 1. The van der Waals surface area contributed by atoms with Crippen LogP contribution in [0.1, 0.15) is 52.9 Å². The molecule has 0 bridgehead atoms. The minimum atomic E-state index is 0.356. The van der Waals surface area contributed by atoms with Crippen LogP contribution < -0.4 is 5.32 Å². The smallest absolute Gasteiger partial charge is 0.222 e. The first-order chi connectivity index (χ1) is 7.65. The predicted octanol–water partition coefficient (Wildman–Crippen LogP) is 2.17. The van der Waals surface area contributed by atoms with Crippen molar-refractivity contribution in [2.75, 3.05) is 13.1 Å². The molecule has 0 radical (unpaired) electrons. The number of carbonyl (C=O) groups is 1. The summed E-state index contributed by atoms with van der Waals surface area (Å²) in [5, 5.41) is 3.35. The number of carbonyl (C=O) groups excluding carboxylic acids is 1. The van der Waals surface area contributed by atoms with E-state index in [0.29, 0.717) is 24.4 Å². The molecule has 0 aromatic carbocycles. The van der Waals surface area contributed by atoms with Crippen molar-refractivity contribution in [3.63, 3.8) is 0 Å². The molecule has 0 aromatic rings. The normalized spacial score (nSPS) is 20.8. The van der Waals surface area contributed by atoms with E-state index in [0.717, 1.165) is 25.9 Å². The van der Waals surface area contributed by atoms with Crippen molar-refractivity contribution in [3.8, 4) is 0 Å². The molecule has 1 amide bonds. The summed E-state index contributed by atoms with van der Waals surface area (Å²) in [6, 6.07) is 1.04. The van der Waals surface area contributed by atoms with Gasteiger partial charge in [0.2, 0.25) is 5.91 Å². The van der Waals surface area contributed by atoms with Crippen LogP contribution in [0, 0.1) is 0 Å². The minimum Gasteiger partial charge on any atom is -0.340 e. The topological polar surface area (TPSA) is 32.3 Å². The molecule has 1 unspecified atom stereocenters. The highest BCUT2D eigenvalue weighted by molar-refractivity contribution is 5.76. The maximum atomic E-state index is 12.0.